The number of likely N-dealkylation sites (N-methyl/N-ethyl adjacent to an activating group) is 1. The van der Waals surface area contributed by atoms with Crippen LogP contribution in [0.4, 0.5) is 0 Å². The number of phosphoric ester groups is 1. The molecular formula is C42H70NO8P. The van der Waals surface area contributed by atoms with E-state index in [0.717, 1.165) is 70.6 Å². The van der Waals surface area contributed by atoms with Crippen molar-refractivity contribution in [3.8, 4) is 0 Å². The first kappa shape index (κ1) is 49.2. The summed E-state index contributed by atoms with van der Waals surface area (Å²) in [5.74, 6) is -0.930. The number of unbranched alkanes of at least 4 members (excludes halogenated alkanes) is 5. The molecule has 296 valence electrons. The molecule has 2 atom stereocenters. The number of carbonyl (C=O) groups is 2. The minimum absolute atomic E-state index is 0.0463. The van der Waals surface area contributed by atoms with Crippen LogP contribution in [0.15, 0.2) is 85.1 Å². The number of nitrogens with zero attached hydrogens (tertiary/aromatic N) is 1. The third kappa shape index (κ3) is 37.0. The van der Waals surface area contributed by atoms with E-state index in [2.05, 4.69) is 92.8 Å². The van der Waals surface area contributed by atoms with Gasteiger partial charge in [-0.05, 0) is 64.2 Å². The molecule has 0 heterocycles. The van der Waals surface area contributed by atoms with Crippen molar-refractivity contribution in [1.29, 1.82) is 0 Å². The Morgan fingerprint density at radius 1 is 0.615 bits per heavy atom. The molecule has 0 saturated carbocycles. The van der Waals surface area contributed by atoms with Gasteiger partial charge < -0.3 is 27.9 Å². The fourth-order valence-electron chi connectivity index (χ4n) is 4.40. The van der Waals surface area contributed by atoms with Gasteiger partial charge in [-0.2, -0.15) is 0 Å². The SMILES string of the molecule is CC/C=C\C/C=C\C/C=C\C/C=C\C/C=C\C/C=C\C/C=C\CCCC(=O)OC(COC(=O)CCCCCCC)COP(=O)([O-])OCC[N+](C)(C)C. The Hall–Kier alpha value is -2.81. The average molecular weight is 748 g/mol. The van der Waals surface area contributed by atoms with Crippen molar-refractivity contribution in [3.63, 3.8) is 0 Å². The summed E-state index contributed by atoms with van der Waals surface area (Å²) in [7, 11) is 1.11. The predicted molar refractivity (Wildman–Crippen MR) is 212 cm³/mol. The minimum Gasteiger partial charge on any atom is -0.756 e. The van der Waals surface area contributed by atoms with Gasteiger partial charge in [0.05, 0.1) is 27.7 Å². The molecule has 0 aromatic heterocycles. The number of esters is 2. The van der Waals surface area contributed by atoms with Gasteiger partial charge in [-0.15, -0.1) is 0 Å². The van der Waals surface area contributed by atoms with Crippen molar-refractivity contribution in [3.05, 3.63) is 85.1 Å². The normalized spacial score (nSPS) is 14.7. The fourth-order valence-corrected chi connectivity index (χ4v) is 5.13. The summed E-state index contributed by atoms with van der Waals surface area (Å²) < 4.78 is 33.5. The molecule has 0 radical (unpaired) electrons. The Kier molecular flexibility index (Phi) is 32.2. The fraction of sp³-hybridized carbons (Fsp3) is 0.619. The van der Waals surface area contributed by atoms with Crippen molar-refractivity contribution in [1.82, 2.24) is 0 Å². The van der Waals surface area contributed by atoms with Crippen LogP contribution in [0.25, 0.3) is 0 Å². The molecule has 10 heteroatoms. The number of rotatable bonds is 33. The minimum atomic E-state index is -4.63. The van der Waals surface area contributed by atoms with E-state index in [-0.39, 0.29) is 26.1 Å². The molecule has 0 aromatic rings. The number of carbonyl (C=O) groups excluding carboxylic acids is 2. The molecule has 0 aliphatic carbocycles. The number of allylic oxidation sites excluding steroid dienone is 14. The zero-order valence-corrected chi connectivity index (χ0v) is 33.9. The zero-order valence-electron chi connectivity index (χ0n) is 33.0. The number of hydrogen-bond donors (Lipinski definition) is 0. The lowest BCUT2D eigenvalue weighted by atomic mass is 10.1. The molecular weight excluding hydrogens is 677 g/mol. The van der Waals surface area contributed by atoms with Crippen LogP contribution in [0.3, 0.4) is 0 Å². The van der Waals surface area contributed by atoms with Gasteiger partial charge in [0.15, 0.2) is 6.10 Å². The van der Waals surface area contributed by atoms with Crippen molar-refractivity contribution in [2.75, 3.05) is 47.5 Å². The maximum atomic E-state index is 12.5. The summed E-state index contributed by atoms with van der Waals surface area (Å²) in [6, 6.07) is 0. The van der Waals surface area contributed by atoms with E-state index in [1.807, 2.05) is 27.2 Å². The molecule has 0 rings (SSSR count). The lowest BCUT2D eigenvalue weighted by Gasteiger charge is -2.28. The standard InChI is InChI=1S/C42H70NO8P/c1-6-8-10-12-13-14-15-16-17-18-19-20-21-22-23-24-25-26-27-28-29-31-33-35-42(45)51-40(38-48-41(44)34-32-30-11-9-7-2)39-50-52(46,47)49-37-36-43(3,4)5/h8,10,13-14,16-17,19-20,22-23,25-26,28-29,40H,6-7,9,11-12,15,18,21,24,27,30-39H2,1-5H3/b10-8-,14-13-,17-16-,20-19-,23-22-,26-25-,29-28-. The van der Waals surface area contributed by atoms with Crippen molar-refractivity contribution in [2.24, 2.45) is 0 Å². The second-order valence-corrected chi connectivity index (χ2v) is 15.0. The summed E-state index contributed by atoms with van der Waals surface area (Å²) in [5.41, 5.74) is 0. The Labute approximate surface area is 316 Å². The topological polar surface area (TPSA) is 111 Å². The van der Waals surface area contributed by atoms with E-state index in [4.69, 9.17) is 18.5 Å². The third-order valence-corrected chi connectivity index (χ3v) is 8.39. The molecule has 0 bridgehead atoms. The van der Waals surface area contributed by atoms with E-state index in [9.17, 15) is 19.0 Å². The van der Waals surface area contributed by atoms with Crippen LogP contribution >= 0.6 is 7.82 Å². The summed E-state index contributed by atoms with van der Waals surface area (Å²) in [6.07, 6.45) is 42.4. The molecule has 0 fully saturated rings. The molecule has 0 amide bonds. The van der Waals surface area contributed by atoms with Crippen molar-refractivity contribution in [2.45, 2.75) is 123 Å². The first-order valence-corrected chi connectivity index (χ1v) is 20.8. The molecule has 0 spiro atoms. The number of ether oxygens (including phenoxy) is 2. The highest BCUT2D eigenvalue weighted by molar-refractivity contribution is 7.45. The van der Waals surface area contributed by atoms with Crippen LogP contribution in [0, 0.1) is 0 Å². The lowest BCUT2D eigenvalue weighted by molar-refractivity contribution is -0.870. The maximum absolute atomic E-state index is 12.5. The molecule has 52 heavy (non-hydrogen) atoms. The molecule has 0 saturated heterocycles. The van der Waals surface area contributed by atoms with E-state index in [0.29, 0.717) is 30.3 Å². The monoisotopic (exact) mass is 747 g/mol. The Morgan fingerprint density at radius 2 is 1.10 bits per heavy atom. The summed E-state index contributed by atoms with van der Waals surface area (Å²) >= 11 is 0. The van der Waals surface area contributed by atoms with Gasteiger partial charge in [-0.3, -0.25) is 14.2 Å². The smallest absolute Gasteiger partial charge is 0.306 e. The van der Waals surface area contributed by atoms with Crippen LogP contribution in [-0.2, 0) is 32.7 Å². The van der Waals surface area contributed by atoms with Crippen LogP contribution in [0.2, 0.25) is 0 Å². The molecule has 9 nitrogen and oxygen atoms in total. The van der Waals surface area contributed by atoms with Crippen LogP contribution in [-0.4, -0.2) is 70.0 Å². The Bertz CT molecular complexity index is 1160. The predicted octanol–water partition coefficient (Wildman–Crippen LogP) is 9.82. The van der Waals surface area contributed by atoms with E-state index >= 15 is 0 Å². The highest BCUT2D eigenvalue weighted by atomic mass is 31.2. The van der Waals surface area contributed by atoms with E-state index in [1.54, 1.807) is 0 Å². The average Bonchev–Trinajstić information content (AvgIpc) is 3.09. The van der Waals surface area contributed by atoms with Crippen LogP contribution in [0.1, 0.15) is 117 Å². The van der Waals surface area contributed by atoms with Gasteiger partial charge in [-0.25, -0.2) is 0 Å². The van der Waals surface area contributed by atoms with Crippen LogP contribution < -0.4 is 4.89 Å². The Balaban J connectivity index is 4.40. The summed E-state index contributed by atoms with van der Waals surface area (Å²) in [5, 5.41) is 0. The molecule has 0 N–H and O–H groups in total. The second kappa shape index (κ2) is 34.0. The van der Waals surface area contributed by atoms with Crippen LogP contribution in [0.5, 0.6) is 0 Å². The summed E-state index contributed by atoms with van der Waals surface area (Å²) in [4.78, 5) is 37.0. The van der Waals surface area contributed by atoms with Gasteiger partial charge in [0, 0.05) is 12.8 Å². The zero-order chi connectivity index (χ0) is 38.6. The largest absolute Gasteiger partial charge is 0.756 e. The van der Waals surface area contributed by atoms with Crippen molar-refractivity contribution >= 4 is 19.8 Å². The first-order chi connectivity index (χ1) is 25.0. The molecule has 2 unspecified atom stereocenters. The second-order valence-electron chi connectivity index (χ2n) is 13.6. The number of hydrogen-bond acceptors (Lipinski definition) is 8. The van der Waals surface area contributed by atoms with E-state index in [1.165, 1.54) is 0 Å². The maximum Gasteiger partial charge on any atom is 0.306 e. The number of quaternary nitrogens is 1. The summed E-state index contributed by atoms with van der Waals surface area (Å²) in [6.45, 7) is 3.90. The quantitative estimate of drug-likeness (QED) is 0.0215. The highest BCUT2D eigenvalue weighted by Crippen LogP contribution is 2.38. The van der Waals surface area contributed by atoms with Gasteiger partial charge in [0.2, 0.25) is 0 Å². The van der Waals surface area contributed by atoms with Gasteiger partial charge >= 0.3 is 11.9 Å². The first-order valence-electron chi connectivity index (χ1n) is 19.3. The van der Waals surface area contributed by atoms with Crippen molar-refractivity contribution < 1.29 is 42.1 Å². The molecule has 0 aliphatic rings. The number of phosphoric acid groups is 1. The van der Waals surface area contributed by atoms with Gasteiger partial charge in [-0.1, -0.05) is 125 Å². The van der Waals surface area contributed by atoms with Gasteiger partial charge in [0.25, 0.3) is 7.82 Å². The Morgan fingerprint density at radius 3 is 1.60 bits per heavy atom. The molecule has 0 aliphatic heterocycles. The molecule has 0 aromatic carbocycles. The highest BCUT2D eigenvalue weighted by Gasteiger charge is 2.21. The lowest BCUT2D eigenvalue weighted by Crippen LogP contribution is -2.37. The van der Waals surface area contributed by atoms with Gasteiger partial charge in [0.1, 0.15) is 19.8 Å². The van der Waals surface area contributed by atoms with E-state index < -0.39 is 32.5 Å². The third-order valence-electron chi connectivity index (χ3n) is 7.43.